The highest BCUT2D eigenvalue weighted by atomic mass is 19.1. The molecule has 0 spiro atoms. The smallest absolute Gasteiger partial charge is 0.323 e. The third-order valence-electron chi connectivity index (χ3n) is 3.57. The summed E-state index contributed by atoms with van der Waals surface area (Å²) in [6.45, 7) is 1.68. The molecule has 1 heterocycles. The summed E-state index contributed by atoms with van der Waals surface area (Å²) in [5, 5.41) is 6.38. The van der Waals surface area contributed by atoms with Gasteiger partial charge in [-0.15, -0.1) is 0 Å². The van der Waals surface area contributed by atoms with E-state index in [1.165, 1.54) is 6.07 Å². The summed E-state index contributed by atoms with van der Waals surface area (Å²) in [5.41, 5.74) is 2.70. The Kier molecular flexibility index (Phi) is 3.55. The minimum atomic E-state index is -0.403. The lowest BCUT2D eigenvalue weighted by Gasteiger charge is -2.07. The van der Waals surface area contributed by atoms with Crippen LogP contribution in [0, 0.1) is 12.7 Å². The van der Waals surface area contributed by atoms with Gasteiger partial charge in [-0.3, -0.25) is 0 Å². The summed E-state index contributed by atoms with van der Waals surface area (Å²) in [7, 11) is 1.92. The van der Waals surface area contributed by atoms with Gasteiger partial charge >= 0.3 is 6.03 Å². The summed E-state index contributed by atoms with van der Waals surface area (Å²) < 4.78 is 15.4. The number of carbonyl (C=O) groups excluding carboxylic acids is 1. The summed E-state index contributed by atoms with van der Waals surface area (Å²) >= 11 is 0. The number of rotatable bonds is 2. The van der Waals surface area contributed by atoms with Crippen LogP contribution in [0.2, 0.25) is 0 Å². The molecule has 1 aromatic heterocycles. The molecule has 0 atom stereocenters. The number of aryl methyl sites for hydroxylation is 2. The van der Waals surface area contributed by atoms with Crippen molar-refractivity contribution in [2.75, 3.05) is 10.6 Å². The van der Waals surface area contributed by atoms with E-state index in [2.05, 4.69) is 10.6 Å². The average Bonchev–Trinajstić information content (AvgIpc) is 2.80. The standard InChI is InChI=1S/C17H16FN3O/c1-11-7-8-12(9-14(11)18)19-17(22)20-15-10-21(2)16-6-4-3-5-13(15)16/h3-10H,1-2H3,(H2,19,20,22). The first-order valence-corrected chi connectivity index (χ1v) is 6.93. The number of halogens is 1. The average molecular weight is 297 g/mol. The molecule has 0 unspecified atom stereocenters. The third kappa shape index (κ3) is 2.65. The van der Waals surface area contributed by atoms with Crippen LogP contribution in [0.15, 0.2) is 48.7 Å². The lowest BCUT2D eigenvalue weighted by atomic mass is 10.2. The predicted octanol–water partition coefficient (Wildman–Crippen LogP) is 4.27. The van der Waals surface area contributed by atoms with Gasteiger partial charge in [-0.1, -0.05) is 24.3 Å². The maximum Gasteiger partial charge on any atom is 0.323 e. The number of amides is 2. The van der Waals surface area contributed by atoms with Crippen molar-refractivity contribution in [3.63, 3.8) is 0 Å². The van der Waals surface area contributed by atoms with E-state index in [1.807, 2.05) is 42.1 Å². The molecule has 2 amide bonds. The molecule has 4 nitrogen and oxygen atoms in total. The first-order chi connectivity index (χ1) is 10.5. The van der Waals surface area contributed by atoms with E-state index in [4.69, 9.17) is 0 Å². The molecule has 3 rings (SSSR count). The van der Waals surface area contributed by atoms with Crippen LogP contribution in [0.3, 0.4) is 0 Å². The molecule has 0 saturated carbocycles. The molecule has 0 fully saturated rings. The van der Waals surface area contributed by atoms with E-state index < -0.39 is 6.03 Å². The molecule has 2 aromatic carbocycles. The number of anilines is 2. The number of urea groups is 1. The van der Waals surface area contributed by atoms with Crippen LogP contribution in [0.5, 0.6) is 0 Å². The summed E-state index contributed by atoms with van der Waals surface area (Å²) in [4.78, 5) is 12.1. The molecule has 0 saturated heterocycles. The number of aromatic nitrogens is 1. The Bertz CT molecular complexity index is 854. The van der Waals surface area contributed by atoms with E-state index in [0.29, 0.717) is 16.9 Å². The molecule has 5 heteroatoms. The Morgan fingerprint density at radius 3 is 2.68 bits per heavy atom. The number of benzene rings is 2. The second kappa shape index (κ2) is 5.52. The number of nitrogens with zero attached hydrogens (tertiary/aromatic N) is 1. The van der Waals surface area contributed by atoms with Crippen LogP contribution < -0.4 is 10.6 Å². The quantitative estimate of drug-likeness (QED) is 0.729. The fraction of sp³-hybridized carbons (Fsp3) is 0.118. The topological polar surface area (TPSA) is 46.1 Å². The lowest BCUT2D eigenvalue weighted by molar-refractivity contribution is 0.262. The number of para-hydroxylation sites is 1. The van der Waals surface area contributed by atoms with Gasteiger partial charge in [0.15, 0.2) is 0 Å². The van der Waals surface area contributed by atoms with Gasteiger partial charge in [-0.05, 0) is 30.7 Å². The van der Waals surface area contributed by atoms with Gasteiger partial charge in [-0.25, -0.2) is 9.18 Å². The van der Waals surface area contributed by atoms with Gasteiger partial charge in [-0.2, -0.15) is 0 Å². The first-order valence-electron chi connectivity index (χ1n) is 6.93. The molecule has 3 aromatic rings. The van der Waals surface area contributed by atoms with Crippen LogP contribution in [-0.2, 0) is 7.05 Å². The minimum Gasteiger partial charge on any atom is -0.348 e. The fourth-order valence-electron chi connectivity index (χ4n) is 2.40. The van der Waals surface area contributed by atoms with E-state index in [9.17, 15) is 9.18 Å². The Morgan fingerprint density at radius 2 is 1.91 bits per heavy atom. The lowest BCUT2D eigenvalue weighted by Crippen LogP contribution is -2.19. The van der Waals surface area contributed by atoms with Crippen LogP contribution in [0.1, 0.15) is 5.56 Å². The van der Waals surface area contributed by atoms with Crippen molar-refractivity contribution in [1.29, 1.82) is 0 Å². The zero-order valence-corrected chi connectivity index (χ0v) is 12.4. The maximum atomic E-state index is 13.5. The number of carbonyl (C=O) groups is 1. The van der Waals surface area contributed by atoms with Crippen LogP contribution in [0.4, 0.5) is 20.6 Å². The van der Waals surface area contributed by atoms with Crippen molar-refractivity contribution in [3.8, 4) is 0 Å². The van der Waals surface area contributed by atoms with E-state index in [0.717, 1.165) is 10.9 Å². The van der Waals surface area contributed by atoms with E-state index in [1.54, 1.807) is 19.1 Å². The summed E-state index contributed by atoms with van der Waals surface area (Å²) in [6.07, 6.45) is 1.85. The first kappa shape index (κ1) is 14.1. The molecule has 0 aliphatic heterocycles. The second-order valence-corrected chi connectivity index (χ2v) is 5.21. The predicted molar refractivity (Wildman–Crippen MR) is 86.7 cm³/mol. The Labute approximate surface area is 127 Å². The molecule has 112 valence electrons. The van der Waals surface area contributed by atoms with Gasteiger partial charge in [0.05, 0.1) is 5.69 Å². The number of hydrogen-bond donors (Lipinski definition) is 2. The Morgan fingerprint density at radius 1 is 1.14 bits per heavy atom. The molecular formula is C17H16FN3O. The normalized spacial score (nSPS) is 10.7. The maximum absolute atomic E-state index is 13.5. The molecule has 2 N–H and O–H groups in total. The molecule has 22 heavy (non-hydrogen) atoms. The Hall–Kier alpha value is -2.82. The van der Waals surface area contributed by atoms with E-state index in [-0.39, 0.29) is 5.82 Å². The van der Waals surface area contributed by atoms with Crippen molar-refractivity contribution < 1.29 is 9.18 Å². The van der Waals surface area contributed by atoms with Crippen molar-refractivity contribution in [2.24, 2.45) is 7.05 Å². The van der Waals surface area contributed by atoms with Gasteiger partial charge in [0.25, 0.3) is 0 Å². The number of hydrogen-bond acceptors (Lipinski definition) is 1. The highest BCUT2D eigenvalue weighted by molar-refractivity contribution is 6.06. The van der Waals surface area contributed by atoms with Crippen LogP contribution >= 0.6 is 0 Å². The van der Waals surface area contributed by atoms with Gasteiger partial charge in [0, 0.05) is 29.8 Å². The van der Waals surface area contributed by atoms with Gasteiger partial charge in [0.1, 0.15) is 5.82 Å². The molecule has 0 aliphatic rings. The van der Waals surface area contributed by atoms with Crippen molar-refractivity contribution >= 4 is 28.3 Å². The fourth-order valence-corrected chi connectivity index (χ4v) is 2.40. The van der Waals surface area contributed by atoms with Gasteiger partial charge < -0.3 is 15.2 Å². The highest BCUT2D eigenvalue weighted by Crippen LogP contribution is 2.25. The Balaban J connectivity index is 1.80. The second-order valence-electron chi connectivity index (χ2n) is 5.21. The molecule has 0 aliphatic carbocycles. The third-order valence-corrected chi connectivity index (χ3v) is 3.57. The van der Waals surface area contributed by atoms with Crippen molar-refractivity contribution in [1.82, 2.24) is 4.57 Å². The van der Waals surface area contributed by atoms with Crippen molar-refractivity contribution in [3.05, 3.63) is 60.0 Å². The van der Waals surface area contributed by atoms with Crippen LogP contribution in [0.25, 0.3) is 10.9 Å². The monoisotopic (exact) mass is 297 g/mol. The largest absolute Gasteiger partial charge is 0.348 e. The minimum absolute atomic E-state index is 0.344. The zero-order valence-electron chi connectivity index (χ0n) is 12.4. The summed E-state index contributed by atoms with van der Waals surface area (Å²) in [6, 6.07) is 12.0. The number of nitrogens with one attached hydrogen (secondary N) is 2. The zero-order chi connectivity index (χ0) is 15.7. The highest BCUT2D eigenvalue weighted by Gasteiger charge is 2.10. The molecular weight excluding hydrogens is 281 g/mol. The van der Waals surface area contributed by atoms with Gasteiger partial charge in [0.2, 0.25) is 0 Å². The number of fused-ring (bicyclic) bond motifs is 1. The van der Waals surface area contributed by atoms with Crippen molar-refractivity contribution in [2.45, 2.75) is 6.92 Å². The molecule has 0 bridgehead atoms. The SMILES string of the molecule is Cc1ccc(NC(=O)Nc2cn(C)c3ccccc23)cc1F. The molecule has 0 radical (unpaired) electrons. The summed E-state index contributed by atoms with van der Waals surface area (Å²) in [5.74, 6) is -0.344. The van der Waals surface area contributed by atoms with E-state index >= 15 is 0 Å². The van der Waals surface area contributed by atoms with Crippen LogP contribution in [-0.4, -0.2) is 10.6 Å².